The summed E-state index contributed by atoms with van der Waals surface area (Å²) in [6.45, 7) is 0.0964. The molecule has 1 fully saturated rings. The van der Waals surface area contributed by atoms with Gasteiger partial charge in [0, 0.05) is 30.6 Å². The third-order valence-electron chi connectivity index (χ3n) is 2.37. The molecule has 1 aliphatic heterocycles. The molecule has 0 amide bonds. The maximum absolute atomic E-state index is 11.1. The zero-order valence-electron chi connectivity index (χ0n) is 9.87. The molecule has 0 N–H and O–H groups in total. The SMILES string of the molecule is COCOC1CSCC(OCOC)C1[N+](=O)[O-]. The van der Waals surface area contributed by atoms with Crippen molar-refractivity contribution in [2.45, 2.75) is 18.2 Å². The molecule has 7 nitrogen and oxygen atoms in total. The van der Waals surface area contributed by atoms with Gasteiger partial charge in [0.2, 0.25) is 0 Å². The number of nitro groups is 1. The van der Waals surface area contributed by atoms with Crippen LogP contribution in [0.4, 0.5) is 0 Å². The van der Waals surface area contributed by atoms with Crippen LogP contribution in [-0.2, 0) is 18.9 Å². The number of hydrogen-bond donors (Lipinski definition) is 0. The second kappa shape index (κ2) is 7.83. The van der Waals surface area contributed by atoms with E-state index in [2.05, 4.69) is 0 Å². The van der Waals surface area contributed by atoms with Gasteiger partial charge in [-0.1, -0.05) is 0 Å². The Morgan fingerprint density at radius 3 is 2.00 bits per heavy atom. The molecule has 100 valence electrons. The van der Waals surface area contributed by atoms with E-state index in [0.29, 0.717) is 11.5 Å². The monoisotopic (exact) mass is 267 g/mol. The molecule has 1 saturated heterocycles. The predicted molar refractivity (Wildman–Crippen MR) is 61.6 cm³/mol. The number of rotatable bonds is 7. The van der Waals surface area contributed by atoms with E-state index in [9.17, 15) is 10.1 Å². The summed E-state index contributed by atoms with van der Waals surface area (Å²) in [6.07, 6.45) is -0.990. The van der Waals surface area contributed by atoms with Crippen LogP contribution in [0.5, 0.6) is 0 Å². The van der Waals surface area contributed by atoms with E-state index in [1.165, 1.54) is 14.2 Å². The first kappa shape index (κ1) is 14.7. The summed E-state index contributed by atoms with van der Waals surface area (Å²) in [5.74, 6) is 1.14. The number of hydrogen-bond acceptors (Lipinski definition) is 7. The van der Waals surface area contributed by atoms with Crippen LogP contribution in [0.2, 0.25) is 0 Å². The zero-order valence-corrected chi connectivity index (χ0v) is 10.7. The molecule has 8 heteroatoms. The van der Waals surface area contributed by atoms with Crippen LogP contribution in [0, 0.1) is 10.1 Å². The van der Waals surface area contributed by atoms with Crippen LogP contribution >= 0.6 is 11.8 Å². The summed E-state index contributed by atoms with van der Waals surface area (Å²) >= 11 is 1.57. The van der Waals surface area contributed by atoms with Crippen molar-refractivity contribution in [2.75, 3.05) is 39.3 Å². The average Bonchev–Trinajstić information content (AvgIpc) is 2.33. The van der Waals surface area contributed by atoms with Gasteiger partial charge in [-0.05, 0) is 0 Å². The van der Waals surface area contributed by atoms with Crippen LogP contribution in [-0.4, -0.2) is 62.5 Å². The molecular formula is C9H17NO6S. The molecule has 0 saturated carbocycles. The Balaban J connectivity index is 2.59. The van der Waals surface area contributed by atoms with Crippen molar-refractivity contribution < 1.29 is 23.9 Å². The topological polar surface area (TPSA) is 80.1 Å². The van der Waals surface area contributed by atoms with Gasteiger partial charge in [0.05, 0.1) is 0 Å². The molecule has 2 unspecified atom stereocenters. The van der Waals surface area contributed by atoms with Crippen LogP contribution in [0.25, 0.3) is 0 Å². The normalized spacial score (nSPS) is 29.2. The summed E-state index contributed by atoms with van der Waals surface area (Å²) in [6, 6.07) is -0.874. The maximum atomic E-state index is 11.1. The molecule has 0 spiro atoms. The summed E-state index contributed by atoms with van der Waals surface area (Å²) in [4.78, 5) is 10.7. The number of thioether (sulfide) groups is 1. The van der Waals surface area contributed by atoms with Gasteiger partial charge >= 0.3 is 0 Å². The smallest absolute Gasteiger partial charge is 0.266 e. The molecule has 2 atom stereocenters. The molecule has 1 aliphatic rings. The summed E-state index contributed by atoms with van der Waals surface area (Å²) in [5.41, 5.74) is 0. The van der Waals surface area contributed by atoms with Gasteiger partial charge in [0.25, 0.3) is 6.04 Å². The largest absolute Gasteiger partial charge is 0.359 e. The summed E-state index contributed by atoms with van der Waals surface area (Å²) < 4.78 is 20.2. The molecule has 1 heterocycles. The van der Waals surface area contributed by atoms with Crippen molar-refractivity contribution in [3.63, 3.8) is 0 Å². The van der Waals surface area contributed by atoms with Gasteiger partial charge < -0.3 is 18.9 Å². The van der Waals surface area contributed by atoms with Crippen molar-refractivity contribution in [2.24, 2.45) is 0 Å². The van der Waals surface area contributed by atoms with Gasteiger partial charge in [-0.25, -0.2) is 0 Å². The Morgan fingerprint density at radius 2 is 1.65 bits per heavy atom. The second-order valence-corrected chi connectivity index (χ2v) is 4.61. The number of nitrogens with zero attached hydrogens (tertiary/aromatic N) is 1. The Labute approximate surface area is 104 Å². The van der Waals surface area contributed by atoms with Gasteiger partial charge in [-0.2, -0.15) is 11.8 Å². The molecule has 0 aromatic carbocycles. The van der Waals surface area contributed by atoms with Crippen LogP contribution in [0.1, 0.15) is 0 Å². The van der Waals surface area contributed by atoms with Crippen LogP contribution in [0.3, 0.4) is 0 Å². The minimum Gasteiger partial charge on any atom is -0.359 e. The second-order valence-electron chi connectivity index (χ2n) is 3.54. The molecule has 0 aromatic rings. The quantitative estimate of drug-likeness (QED) is 0.374. The van der Waals surface area contributed by atoms with Crippen molar-refractivity contribution in [1.82, 2.24) is 0 Å². The molecular weight excluding hydrogens is 250 g/mol. The van der Waals surface area contributed by atoms with E-state index < -0.39 is 18.2 Å². The Morgan fingerprint density at radius 1 is 1.18 bits per heavy atom. The van der Waals surface area contributed by atoms with E-state index in [1.807, 2.05) is 0 Å². The van der Waals surface area contributed by atoms with E-state index in [4.69, 9.17) is 18.9 Å². The van der Waals surface area contributed by atoms with E-state index in [-0.39, 0.29) is 18.5 Å². The van der Waals surface area contributed by atoms with Crippen LogP contribution in [0.15, 0.2) is 0 Å². The first-order valence-electron chi connectivity index (χ1n) is 5.13. The van der Waals surface area contributed by atoms with E-state index in [0.717, 1.165) is 0 Å². The van der Waals surface area contributed by atoms with Crippen LogP contribution < -0.4 is 0 Å². The van der Waals surface area contributed by atoms with Gasteiger partial charge in [-0.3, -0.25) is 10.1 Å². The van der Waals surface area contributed by atoms with E-state index in [1.54, 1.807) is 11.8 Å². The van der Waals surface area contributed by atoms with Gasteiger partial charge in [0.15, 0.2) is 0 Å². The standard InChI is InChI=1S/C9H17NO6S/c1-13-5-15-7-3-17-4-8(16-6-14-2)9(7)10(11)12/h7-9H,3-6H2,1-2H3. The highest BCUT2D eigenvalue weighted by Gasteiger charge is 2.44. The van der Waals surface area contributed by atoms with Gasteiger partial charge in [0.1, 0.15) is 25.8 Å². The average molecular weight is 267 g/mol. The lowest BCUT2D eigenvalue weighted by atomic mass is 10.1. The Kier molecular flexibility index (Phi) is 6.75. The lowest BCUT2D eigenvalue weighted by molar-refractivity contribution is -0.548. The fraction of sp³-hybridized carbons (Fsp3) is 1.00. The first-order valence-corrected chi connectivity index (χ1v) is 6.28. The van der Waals surface area contributed by atoms with Crippen molar-refractivity contribution in [3.05, 3.63) is 10.1 Å². The molecule has 0 aromatic heterocycles. The third-order valence-corrected chi connectivity index (χ3v) is 3.50. The highest BCUT2D eigenvalue weighted by molar-refractivity contribution is 7.99. The minimum absolute atomic E-state index is 0.0482. The molecule has 0 bridgehead atoms. The lowest BCUT2D eigenvalue weighted by Gasteiger charge is -2.31. The zero-order chi connectivity index (χ0) is 12.7. The predicted octanol–water partition coefficient (Wildman–Crippen LogP) is 0.357. The first-order chi connectivity index (χ1) is 8.20. The van der Waals surface area contributed by atoms with Crippen molar-refractivity contribution in [1.29, 1.82) is 0 Å². The maximum Gasteiger partial charge on any atom is 0.266 e. The highest BCUT2D eigenvalue weighted by atomic mass is 32.2. The van der Waals surface area contributed by atoms with Gasteiger partial charge in [-0.15, -0.1) is 0 Å². The molecule has 0 aliphatic carbocycles. The number of ether oxygens (including phenoxy) is 4. The lowest BCUT2D eigenvalue weighted by Crippen LogP contribution is -2.51. The third kappa shape index (κ3) is 4.40. The summed E-state index contributed by atoms with van der Waals surface area (Å²) in [5, 5.41) is 11.1. The minimum atomic E-state index is -0.874. The fourth-order valence-electron chi connectivity index (χ4n) is 1.61. The fourth-order valence-corrected chi connectivity index (χ4v) is 2.80. The highest BCUT2D eigenvalue weighted by Crippen LogP contribution is 2.25. The number of methoxy groups -OCH3 is 2. The van der Waals surface area contributed by atoms with Crippen molar-refractivity contribution in [3.8, 4) is 0 Å². The molecule has 17 heavy (non-hydrogen) atoms. The summed E-state index contributed by atoms with van der Waals surface area (Å²) in [7, 11) is 2.96. The molecule has 1 rings (SSSR count). The van der Waals surface area contributed by atoms with E-state index >= 15 is 0 Å². The van der Waals surface area contributed by atoms with Crippen molar-refractivity contribution >= 4 is 11.8 Å². The molecule has 0 radical (unpaired) electrons. The Hall–Kier alpha value is -0.410. The Bertz CT molecular complexity index is 226.